The second-order valence-corrected chi connectivity index (χ2v) is 13.3. The van der Waals surface area contributed by atoms with Gasteiger partial charge < -0.3 is 34.7 Å². The number of aliphatic hydroxyl groups is 1. The van der Waals surface area contributed by atoms with Gasteiger partial charge in [0.15, 0.2) is 11.5 Å². The van der Waals surface area contributed by atoms with Crippen LogP contribution in [-0.4, -0.2) is 85.1 Å². The number of hydrogen-bond donors (Lipinski definition) is 3. The molecular weight excluding hydrogens is 680 g/mol. The SMILES string of the molecule is CCOC(=O)C1=C(C)NC(CN(Cc2ccccc2)CC(C)(C)NCC(O)COc2ccccc2OC)=C(C(=O)OCC)C1c1cccc([N+](=O)[O-])c1. The highest BCUT2D eigenvalue weighted by atomic mass is 16.6. The lowest BCUT2D eigenvalue weighted by Gasteiger charge is -2.37. The number of allylic oxidation sites excluding steroid dienone is 1. The monoisotopic (exact) mass is 730 g/mol. The van der Waals surface area contributed by atoms with Gasteiger partial charge in [0, 0.05) is 55.2 Å². The molecule has 0 radical (unpaired) electrons. The van der Waals surface area contributed by atoms with Gasteiger partial charge in [-0.2, -0.15) is 0 Å². The van der Waals surface area contributed by atoms with Gasteiger partial charge in [-0.15, -0.1) is 0 Å². The van der Waals surface area contributed by atoms with Crippen molar-refractivity contribution in [2.45, 2.75) is 58.7 Å². The minimum atomic E-state index is -1.01. The maximum absolute atomic E-state index is 13.9. The molecule has 3 aromatic carbocycles. The molecule has 1 aliphatic rings. The predicted molar refractivity (Wildman–Crippen MR) is 200 cm³/mol. The van der Waals surface area contributed by atoms with Crippen LogP contribution in [0.1, 0.15) is 51.7 Å². The van der Waals surface area contributed by atoms with E-state index in [1.807, 2.05) is 56.3 Å². The van der Waals surface area contributed by atoms with Crippen LogP contribution >= 0.6 is 0 Å². The van der Waals surface area contributed by atoms with Crippen LogP contribution in [0.4, 0.5) is 5.69 Å². The van der Waals surface area contributed by atoms with E-state index in [-0.39, 0.29) is 49.7 Å². The number of rotatable bonds is 19. The molecule has 53 heavy (non-hydrogen) atoms. The van der Waals surface area contributed by atoms with Gasteiger partial charge in [0.05, 0.1) is 42.3 Å². The van der Waals surface area contributed by atoms with Gasteiger partial charge >= 0.3 is 11.9 Å². The minimum absolute atomic E-state index is 0.0460. The molecule has 1 heterocycles. The Morgan fingerprint density at radius 3 is 2.23 bits per heavy atom. The van der Waals surface area contributed by atoms with E-state index in [1.165, 1.54) is 18.2 Å². The van der Waals surface area contributed by atoms with Crippen molar-refractivity contribution >= 4 is 17.6 Å². The first-order valence-electron chi connectivity index (χ1n) is 17.6. The number of nitrogens with zero attached hydrogens (tertiary/aromatic N) is 2. The molecule has 4 rings (SSSR count). The molecule has 0 spiro atoms. The van der Waals surface area contributed by atoms with Gasteiger partial charge in [-0.05, 0) is 57.9 Å². The summed E-state index contributed by atoms with van der Waals surface area (Å²) in [6.07, 6.45) is -0.829. The highest BCUT2D eigenvalue weighted by molar-refractivity contribution is 6.00. The van der Waals surface area contributed by atoms with Gasteiger partial charge in [0.2, 0.25) is 0 Å². The molecule has 0 aliphatic carbocycles. The summed E-state index contributed by atoms with van der Waals surface area (Å²) < 4.78 is 22.2. The van der Waals surface area contributed by atoms with Crippen LogP contribution in [0.25, 0.3) is 0 Å². The molecule has 3 N–H and O–H groups in total. The molecule has 13 heteroatoms. The zero-order valence-corrected chi connectivity index (χ0v) is 31.2. The summed E-state index contributed by atoms with van der Waals surface area (Å²) >= 11 is 0. The standard InChI is InChI=1S/C40H50N4O9/c1-7-51-38(46)35-27(3)42-32(37(39(47)52-8-2)36(35)29-17-14-18-30(21-29)44(48)49)24-43(23-28-15-10-9-11-16-28)26-40(4,5)41-22-31(45)25-53-34-20-13-12-19-33(34)50-6/h9-21,31,36,41-42,45H,7-8,22-26H2,1-6H3. The number of hydrogen-bond acceptors (Lipinski definition) is 12. The number of carbonyl (C=O) groups is 2. The van der Waals surface area contributed by atoms with Crippen molar-refractivity contribution in [2.24, 2.45) is 0 Å². The quantitative estimate of drug-likeness (QED) is 0.0836. The normalized spacial score (nSPS) is 15.1. The zero-order valence-electron chi connectivity index (χ0n) is 31.2. The van der Waals surface area contributed by atoms with E-state index in [0.29, 0.717) is 41.5 Å². The summed E-state index contributed by atoms with van der Waals surface area (Å²) in [6, 6.07) is 23.0. The summed E-state index contributed by atoms with van der Waals surface area (Å²) in [5.41, 5.74) is 1.94. The third-order valence-electron chi connectivity index (χ3n) is 8.62. The molecule has 0 fully saturated rings. The number of para-hydroxylation sites is 2. The molecule has 0 amide bonds. The number of methoxy groups -OCH3 is 1. The smallest absolute Gasteiger partial charge is 0.336 e. The summed E-state index contributed by atoms with van der Waals surface area (Å²) in [7, 11) is 1.56. The van der Waals surface area contributed by atoms with Crippen LogP contribution in [0.3, 0.4) is 0 Å². The van der Waals surface area contributed by atoms with Gasteiger partial charge in [0.25, 0.3) is 5.69 Å². The molecule has 3 aromatic rings. The number of non-ortho nitro benzene ring substituents is 1. The Balaban J connectivity index is 1.68. The number of β-amino-alcohol motifs (C(OH)–C–C–N with tert-alkyl or cyclic N) is 1. The van der Waals surface area contributed by atoms with Gasteiger partial charge in [0.1, 0.15) is 12.7 Å². The Labute approximate surface area is 310 Å². The highest BCUT2D eigenvalue weighted by Crippen LogP contribution is 2.40. The Morgan fingerprint density at radius 1 is 0.943 bits per heavy atom. The van der Waals surface area contributed by atoms with E-state index in [9.17, 15) is 24.8 Å². The lowest BCUT2D eigenvalue weighted by Crippen LogP contribution is -2.52. The number of nitro benzene ring substituents is 1. The van der Waals surface area contributed by atoms with Crippen LogP contribution < -0.4 is 20.1 Å². The summed E-state index contributed by atoms with van der Waals surface area (Å²) in [5.74, 6) is -1.20. The van der Waals surface area contributed by atoms with E-state index in [0.717, 1.165) is 5.56 Å². The van der Waals surface area contributed by atoms with Gasteiger partial charge in [-0.25, -0.2) is 9.59 Å². The van der Waals surface area contributed by atoms with Crippen molar-refractivity contribution in [3.63, 3.8) is 0 Å². The third kappa shape index (κ3) is 11.1. The van der Waals surface area contributed by atoms with Crippen LogP contribution in [0.15, 0.2) is 101 Å². The third-order valence-corrected chi connectivity index (χ3v) is 8.62. The van der Waals surface area contributed by atoms with Crippen molar-refractivity contribution in [1.82, 2.24) is 15.5 Å². The lowest BCUT2D eigenvalue weighted by molar-refractivity contribution is -0.384. The number of benzene rings is 3. The second kappa shape index (κ2) is 19.0. The van der Waals surface area contributed by atoms with Gasteiger partial charge in [-0.3, -0.25) is 15.0 Å². The first-order chi connectivity index (χ1) is 25.4. The summed E-state index contributed by atoms with van der Waals surface area (Å²) in [4.78, 5) is 40.9. The first kappa shape index (κ1) is 40.5. The molecule has 0 saturated carbocycles. The van der Waals surface area contributed by atoms with Crippen LogP contribution in [-0.2, 0) is 25.6 Å². The van der Waals surface area contributed by atoms with Crippen molar-refractivity contribution in [3.05, 3.63) is 123 Å². The number of ether oxygens (including phenoxy) is 4. The van der Waals surface area contributed by atoms with E-state index in [2.05, 4.69) is 15.5 Å². The fourth-order valence-electron chi connectivity index (χ4n) is 6.33. The van der Waals surface area contributed by atoms with Crippen molar-refractivity contribution < 1.29 is 38.6 Å². The maximum atomic E-state index is 13.9. The summed E-state index contributed by atoms with van der Waals surface area (Å²) in [5, 5.41) is 29.5. The number of dihydropyridines is 1. The highest BCUT2D eigenvalue weighted by Gasteiger charge is 2.40. The topological polar surface area (TPSA) is 162 Å². The lowest BCUT2D eigenvalue weighted by atomic mass is 9.80. The van der Waals surface area contributed by atoms with Crippen LogP contribution in [0.2, 0.25) is 0 Å². The second-order valence-electron chi connectivity index (χ2n) is 13.3. The Hall–Kier alpha value is -5.24. The van der Waals surface area contributed by atoms with E-state index in [1.54, 1.807) is 46.1 Å². The Morgan fingerprint density at radius 2 is 1.58 bits per heavy atom. The van der Waals surface area contributed by atoms with Gasteiger partial charge in [-0.1, -0.05) is 54.6 Å². The first-order valence-corrected chi connectivity index (χ1v) is 17.6. The number of nitro groups is 1. The predicted octanol–water partition coefficient (Wildman–Crippen LogP) is 5.25. The maximum Gasteiger partial charge on any atom is 0.336 e. The summed E-state index contributed by atoms with van der Waals surface area (Å²) in [6.45, 7) is 10.7. The van der Waals surface area contributed by atoms with E-state index in [4.69, 9.17) is 18.9 Å². The van der Waals surface area contributed by atoms with Crippen molar-refractivity contribution in [2.75, 3.05) is 46.6 Å². The number of nitrogens with one attached hydrogen (secondary N) is 2. The molecule has 0 aromatic heterocycles. The molecular formula is C40H50N4O9. The fraction of sp³-hybridized carbons (Fsp3) is 0.400. The molecule has 284 valence electrons. The molecule has 2 atom stereocenters. The number of esters is 2. The molecule has 0 saturated heterocycles. The molecule has 0 bridgehead atoms. The van der Waals surface area contributed by atoms with E-state index < -0.39 is 34.4 Å². The zero-order chi connectivity index (χ0) is 38.5. The Bertz CT molecular complexity index is 1790. The average molecular weight is 731 g/mol. The fourth-order valence-corrected chi connectivity index (χ4v) is 6.33. The van der Waals surface area contributed by atoms with Crippen LogP contribution in [0, 0.1) is 10.1 Å². The largest absolute Gasteiger partial charge is 0.493 e. The van der Waals surface area contributed by atoms with E-state index >= 15 is 0 Å². The van der Waals surface area contributed by atoms with Crippen LogP contribution in [0.5, 0.6) is 11.5 Å². The number of aliphatic hydroxyl groups excluding tert-OH is 1. The Kier molecular flexibility index (Phi) is 14.5. The average Bonchev–Trinajstić information content (AvgIpc) is 3.13. The number of carbonyl (C=O) groups excluding carboxylic acids is 2. The van der Waals surface area contributed by atoms with Crippen molar-refractivity contribution in [3.8, 4) is 11.5 Å². The minimum Gasteiger partial charge on any atom is -0.493 e. The molecule has 2 unspecified atom stereocenters. The molecule has 1 aliphatic heterocycles. The molecule has 13 nitrogen and oxygen atoms in total. The van der Waals surface area contributed by atoms with Crippen molar-refractivity contribution in [1.29, 1.82) is 0 Å².